The molecule has 0 fully saturated rings. The molecule has 0 radical (unpaired) electrons. The molecule has 4 aromatic rings. The first-order chi connectivity index (χ1) is 18.4. The fraction of sp³-hybridized carbons (Fsp3) is 0.214. The number of nitrogens with zero attached hydrogens (tertiary/aromatic N) is 2. The van der Waals surface area contributed by atoms with Crippen molar-refractivity contribution in [1.82, 2.24) is 9.97 Å². The highest BCUT2D eigenvalue weighted by Gasteiger charge is 2.25. The van der Waals surface area contributed by atoms with Crippen LogP contribution in [0.5, 0.6) is 17.2 Å². The normalized spacial score (nSPS) is 14.3. The number of anilines is 4. The summed E-state index contributed by atoms with van der Waals surface area (Å²) in [6.07, 6.45) is 2.48. The Morgan fingerprint density at radius 2 is 1.92 bits per heavy atom. The minimum absolute atomic E-state index is 0.229. The van der Waals surface area contributed by atoms with E-state index in [1.807, 2.05) is 18.2 Å². The molecule has 1 aromatic heterocycles. The van der Waals surface area contributed by atoms with E-state index in [1.54, 1.807) is 32.4 Å². The van der Waals surface area contributed by atoms with E-state index in [2.05, 4.69) is 20.6 Å². The molecule has 2 heterocycles. The number of hydrogen-bond donors (Lipinski definition) is 3. The molecule has 0 bridgehead atoms. The van der Waals surface area contributed by atoms with Crippen molar-refractivity contribution >= 4 is 23.1 Å². The molecule has 0 spiro atoms. The topological polar surface area (TPSA) is 104 Å². The molecule has 0 saturated carbocycles. The summed E-state index contributed by atoms with van der Waals surface area (Å²) in [5.41, 5.74) is 9.35. The van der Waals surface area contributed by atoms with Crippen LogP contribution in [0.3, 0.4) is 0 Å². The van der Waals surface area contributed by atoms with Crippen LogP contribution < -0.4 is 30.6 Å². The second-order valence-electron chi connectivity index (χ2n) is 8.77. The summed E-state index contributed by atoms with van der Waals surface area (Å²) in [4.78, 5) is 8.86. The summed E-state index contributed by atoms with van der Waals surface area (Å²) in [5.74, 6) is 1.39. The maximum Gasteiger partial charge on any atom is 0.229 e. The van der Waals surface area contributed by atoms with E-state index in [0.29, 0.717) is 59.3 Å². The van der Waals surface area contributed by atoms with Crippen LogP contribution >= 0.6 is 0 Å². The summed E-state index contributed by atoms with van der Waals surface area (Å²) < 4.78 is 44.8. The van der Waals surface area contributed by atoms with Crippen molar-refractivity contribution in [2.75, 3.05) is 37.2 Å². The lowest BCUT2D eigenvalue weighted by molar-refractivity contribution is 0.260. The molecule has 38 heavy (non-hydrogen) atoms. The van der Waals surface area contributed by atoms with Gasteiger partial charge >= 0.3 is 0 Å². The van der Waals surface area contributed by atoms with Gasteiger partial charge in [-0.05, 0) is 41.5 Å². The second-order valence-corrected chi connectivity index (χ2v) is 8.77. The van der Waals surface area contributed by atoms with Crippen LogP contribution in [0.25, 0.3) is 0 Å². The van der Waals surface area contributed by atoms with Crippen molar-refractivity contribution in [3.63, 3.8) is 0 Å². The van der Waals surface area contributed by atoms with Gasteiger partial charge in [-0.1, -0.05) is 18.2 Å². The van der Waals surface area contributed by atoms with E-state index in [9.17, 15) is 8.78 Å². The maximum atomic E-state index is 14.2. The van der Waals surface area contributed by atoms with Gasteiger partial charge in [-0.25, -0.2) is 13.8 Å². The quantitative estimate of drug-likeness (QED) is 0.275. The van der Waals surface area contributed by atoms with Crippen LogP contribution in [-0.4, -0.2) is 30.8 Å². The van der Waals surface area contributed by atoms with Crippen molar-refractivity contribution in [3.8, 4) is 17.2 Å². The number of methoxy groups -OCH3 is 2. The molecular weight excluding hydrogens is 492 g/mol. The van der Waals surface area contributed by atoms with Gasteiger partial charge in [0.15, 0.2) is 17.4 Å². The minimum atomic E-state index is -0.413. The average Bonchev–Trinajstić information content (AvgIpc) is 2.93. The zero-order valence-electron chi connectivity index (χ0n) is 20.9. The molecule has 5 rings (SSSR count). The summed E-state index contributed by atoms with van der Waals surface area (Å²) in [6.45, 7) is 0.357. The summed E-state index contributed by atoms with van der Waals surface area (Å²) in [6, 6.07) is 14.5. The predicted molar refractivity (Wildman–Crippen MR) is 141 cm³/mol. The summed E-state index contributed by atoms with van der Waals surface area (Å²) >= 11 is 0. The number of para-hydroxylation sites is 1. The average molecular weight is 520 g/mol. The molecule has 0 aliphatic carbocycles. The number of rotatable bonds is 8. The van der Waals surface area contributed by atoms with Crippen LogP contribution in [-0.2, 0) is 6.42 Å². The SMILES string of the molecule is COc1ccc(Cc2cc(F)ccc2Nc2ncc(N)c(N[C@@H]3CCOc4c(F)cccc43)n2)c(OC)c1. The van der Waals surface area contributed by atoms with Crippen LogP contribution in [0.1, 0.15) is 29.2 Å². The van der Waals surface area contributed by atoms with Gasteiger partial charge in [-0.2, -0.15) is 4.98 Å². The first kappa shape index (κ1) is 25.1. The van der Waals surface area contributed by atoms with Crippen LogP contribution in [0, 0.1) is 11.6 Å². The van der Waals surface area contributed by atoms with Gasteiger partial charge < -0.3 is 30.6 Å². The van der Waals surface area contributed by atoms with Gasteiger partial charge in [0.1, 0.15) is 17.3 Å². The lowest BCUT2D eigenvalue weighted by Crippen LogP contribution is -2.22. The number of nitrogens with one attached hydrogen (secondary N) is 2. The standard InChI is InChI=1S/C28H27F2N5O3/c1-36-19-8-6-16(25(14-19)37-2)12-17-13-18(29)7-9-23(17)34-28-32-15-22(31)27(35-28)33-24-10-11-38-26-20(24)4-3-5-21(26)30/h3-9,13-15,24H,10-12,31H2,1-2H3,(H2,32,33,34,35)/t24-/m1/s1. The van der Waals surface area contributed by atoms with E-state index in [-0.39, 0.29) is 23.6 Å². The van der Waals surface area contributed by atoms with Crippen molar-refractivity contribution in [2.45, 2.75) is 18.9 Å². The Kier molecular flexibility index (Phi) is 7.12. The first-order valence-corrected chi connectivity index (χ1v) is 12.0. The molecule has 1 aliphatic heterocycles. The van der Waals surface area contributed by atoms with Crippen LogP contribution in [0.15, 0.2) is 60.8 Å². The van der Waals surface area contributed by atoms with E-state index < -0.39 is 5.82 Å². The number of fused-ring (bicyclic) bond motifs is 1. The molecule has 3 aromatic carbocycles. The van der Waals surface area contributed by atoms with Gasteiger partial charge in [0.2, 0.25) is 5.95 Å². The molecule has 0 saturated heterocycles. The van der Waals surface area contributed by atoms with Gasteiger partial charge in [-0.3, -0.25) is 0 Å². The Bertz CT molecular complexity index is 1470. The molecule has 0 amide bonds. The third-order valence-corrected chi connectivity index (χ3v) is 6.34. The summed E-state index contributed by atoms with van der Waals surface area (Å²) in [5, 5.41) is 6.48. The molecular formula is C28H27F2N5O3. The lowest BCUT2D eigenvalue weighted by atomic mass is 10.0. The molecule has 4 N–H and O–H groups in total. The van der Waals surface area contributed by atoms with E-state index >= 15 is 0 Å². The third-order valence-electron chi connectivity index (χ3n) is 6.34. The first-order valence-electron chi connectivity index (χ1n) is 12.0. The van der Waals surface area contributed by atoms with Gasteiger partial charge in [0.05, 0.1) is 38.8 Å². The molecule has 10 heteroatoms. The van der Waals surface area contributed by atoms with Crippen LogP contribution in [0.4, 0.5) is 31.9 Å². The fourth-order valence-electron chi connectivity index (χ4n) is 4.42. The Hall–Kier alpha value is -4.60. The third kappa shape index (κ3) is 5.24. The van der Waals surface area contributed by atoms with Gasteiger partial charge in [0.25, 0.3) is 0 Å². The minimum Gasteiger partial charge on any atom is -0.497 e. The molecule has 196 valence electrons. The monoisotopic (exact) mass is 519 g/mol. The molecule has 8 nitrogen and oxygen atoms in total. The van der Waals surface area contributed by atoms with E-state index in [4.69, 9.17) is 19.9 Å². The number of nitrogen functional groups attached to an aromatic ring is 1. The number of ether oxygens (including phenoxy) is 3. The highest BCUT2D eigenvalue weighted by Crippen LogP contribution is 2.37. The van der Waals surface area contributed by atoms with Crippen molar-refractivity contribution in [3.05, 3.63) is 89.1 Å². The van der Waals surface area contributed by atoms with Crippen molar-refractivity contribution in [2.24, 2.45) is 0 Å². The highest BCUT2D eigenvalue weighted by molar-refractivity contribution is 5.66. The largest absolute Gasteiger partial charge is 0.497 e. The van der Waals surface area contributed by atoms with Crippen molar-refractivity contribution in [1.29, 1.82) is 0 Å². The van der Waals surface area contributed by atoms with Gasteiger partial charge in [-0.15, -0.1) is 0 Å². The smallest absolute Gasteiger partial charge is 0.229 e. The highest BCUT2D eigenvalue weighted by atomic mass is 19.1. The van der Waals surface area contributed by atoms with Gasteiger partial charge in [0, 0.05) is 30.2 Å². The number of nitrogens with two attached hydrogens (primary N) is 1. The predicted octanol–water partition coefficient (Wildman–Crippen LogP) is 5.62. The second kappa shape index (κ2) is 10.8. The number of aromatic nitrogens is 2. The zero-order valence-corrected chi connectivity index (χ0v) is 20.9. The zero-order chi connectivity index (χ0) is 26.6. The summed E-state index contributed by atoms with van der Waals surface area (Å²) in [7, 11) is 3.16. The Labute approximate surface area is 218 Å². The molecule has 1 atom stereocenters. The van der Waals surface area contributed by atoms with Crippen molar-refractivity contribution < 1.29 is 23.0 Å². The molecule has 1 aliphatic rings. The lowest BCUT2D eigenvalue weighted by Gasteiger charge is -2.27. The number of hydrogen-bond acceptors (Lipinski definition) is 8. The van der Waals surface area contributed by atoms with Crippen LogP contribution in [0.2, 0.25) is 0 Å². The Balaban J connectivity index is 1.41. The van der Waals surface area contributed by atoms with E-state index in [1.165, 1.54) is 24.4 Å². The van der Waals surface area contributed by atoms with E-state index in [0.717, 1.165) is 5.56 Å². The Morgan fingerprint density at radius 1 is 1.05 bits per heavy atom. The molecule has 0 unspecified atom stereocenters. The fourth-order valence-corrected chi connectivity index (χ4v) is 4.42. The maximum absolute atomic E-state index is 14.2. The number of halogens is 2. The Morgan fingerprint density at radius 3 is 2.74 bits per heavy atom. The number of benzene rings is 3.